The lowest BCUT2D eigenvalue weighted by Gasteiger charge is -2.16. The molecule has 1 aromatic rings. The average Bonchev–Trinajstić information content (AvgIpc) is 2.74. The van der Waals surface area contributed by atoms with Crippen LogP contribution in [0.3, 0.4) is 0 Å². The van der Waals surface area contributed by atoms with Crippen molar-refractivity contribution >= 4 is 12.0 Å². The molecule has 1 aliphatic rings. The van der Waals surface area contributed by atoms with Gasteiger partial charge in [-0.1, -0.05) is 13.3 Å². The van der Waals surface area contributed by atoms with E-state index < -0.39 is 0 Å². The van der Waals surface area contributed by atoms with Crippen LogP contribution in [-0.4, -0.2) is 5.97 Å². The van der Waals surface area contributed by atoms with Crippen LogP contribution in [0.2, 0.25) is 0 Å². The Morgan fingerprint density at radius 3 is 3.06 bits per heavy atom. The number of ether oxygens (including phenoxy) is 1. The molecule has 1 saturated heterocycles. The van der Waals surface area contributed by atoms with E-state index in [0.29, 0.717) is 5.76 Å². The van der Waals surface area contributed by atoms with Crippen LogP contribution in [0.5, 0.6) is 0 Å². The summed E-state index contributed by atoms with van der Waals surface area (Å²) in [5.41, 5.74) is 0. The molecule has 1 fully saturated rings. The maximum atomic E-state index is 11.6. The second-order valence-corrected chi connectivity index (χ2v) is 4.19. The van der Waals surface area contributed by atoms with Gasteiger partial charge in [-0.15, -0.1) is 0 Å². The molecule has 0 radical (unpaired) electrons. The van der Waals surface area contributed by atoms with E-state index in [1.165, 1.54) is 0 Å². The van der Waals surface area contributed by atoms with Crippen molar-refractivity contribution in [1.29, 1.82) is 0 Å². The Kier molecular flexibility index (Phi) is 3.44. The van der Waals surface area contributed by atoms with Crippen molar-refractivity contribution in [3.63, 3.8) is 0 Å². The minimum atomic E-state index is -0.127. The predicted octanol–water partition coefficient (Wildman–Crippen LogP) is 3.37. The first-order valence-corrected chi connectivity index (χ1v) is 5.71. The summed E-state index contributed by atoms with van der Waals surface area (Å²) in [7, 11) is 0. The van der Waals surface area contributed by atoms with Crippen LogP contribution in [0.25, 0.3) is 6.08 Å². The third-order valence-electron chi connectivity index (χ3n) is 2.79. The molecule has 0 spiro atoms. The van der Waals surface area contributed by atoms with Gasteiger partial charge in [-0.25, -0.2) is 0 Å². The molecule has 1 atom stereocenters. The first-order chi connectivity index (χ1) is 7.75. The fourth-order valence-corrected chi connectivity index (χ4v) is 1.78. The van der Waals surface area contributed by atoms with E-state index in [1.807, 2.05) is 19.1 Å². The second-order valence-electron chi connectivity index (χ2n) is 4.19. The SMILES string of the molecule is CC1CCCC/C(=C\c2ccco2)OC1=O. The number of hydrogen-bond acceptors (Lipinski definition) is 3. The van der Waals surface area contributed by atoms with Gasteiger partial charge < -0.3 is 9.15 Å². The molecule has 0 bridgehead atoms. The highest BCUT2D eigenvalue weighted by molar-refractivity contribution is 5.74. The number of allylic oxidation sites excluding steroid dienone is 1. The van der Waals surface area contributed by atoms with E-state index in [9.17, 15) is 4.79 Å². The van der Waals surface area contributed by atoms with Gasteiger partial charge in [0.2, 0.25) is 0 Å². The van der Waals surface area contributed by atoms with E-state index in [-0.39, 0.29) is 11.9 Å². The van der Waals surface area contributed by atoms with Crippen LogP contribution < -0.4 is 0 Å². The monoisotopic (exact) mass is 220 g/mol. The molecule has 16 heavy (non-hydrogen) atoms. The van der Waals surface area contributed by atoms with Crippen LogP contribution >= 0.6 is 0 Å². The van der Waals surface area contributed by atoms with Crippen LogP contribution in [0, 0.1) is 5.92 Å². The summed E-state index contributed by atoms with van der Waals surface area (Å²) in [6, 6.07) is 3.67. The van der Waals surface area contributed by atoms with Crippen molar-refractivity contribution in [3.8, 4) is 0 Å². The molecule has 0 amide bonds. The first kappa shape index (κ1) is 11.0. The second kappa shape index (κ2) is 5.01. The van der Waals surface area contributed by atoms with Gasteiger partial charge in [-0.3, -0.25) is 4.79 Å². The standard InChI is InChI=1S/C13H16O3/c1-10-5-2-3-6-12(16-13(10)14)9-11-7-4-8-15-11/h4,7-10H,2-3,5-6H2,1H3/b12-9+. The van der Waals surface area contributed by atoms with Gasteiger partial charge in [0.05, 0.1) is 12.2 Å². The predicted molar refractivity (Wildman–Crippen MR) is 60.4 cm³/mol. The van der Waals surface area contributed by atoms with Gasteiger partial charge in [-0.2, -0.15) is 0 Å². The summed E-state index contributed by atoms with van der Waals surface area (Å²) in [4.78, 5) is 11.6. The Labute approximate surface area is 95.1 Å². The van der Waals surface area contributed by atoms with E-state index in [0.717, 1.165) is 31.4 Å². The molecule has 3 nitrogen and oxygen atoms in total. The lowest BCUT2D eigenvalue weighted by Crippen LogP contribution is -2.16. The summed E-state index contributed by atoms with van der Waals surface area (Å²) < 4.78 is 10.5. The molecule has 0 N–H and O–H groups in total. The maximum Gasteiger partial charge on any atom is 0.313 e. The van der Waals surface area contributed by atoms with Crippen molar-refractivity contribution in [2.24, 2.45) is 5.92 Å². The molecule has 1 aliphatic heterocycles. The van der Waals surface area contributed by atoms with Crippen LogP contribution in [0.15, 0.2) is 28.6 Å². The molecular weight excluding hydrogens is 204 g/mol. The van der Waals surface area contributed by atoms with Crippen LogP contribution in [-0.2, 0) is 9.53 Å². The Morgan fingerprint density at radius 2 is 2.31 bits per heavy atom. The Morgan fingerprint density at radius 1 is 1.44 bits per heavy atom. The quantitative estimate of drug-likeness (QED) is 0.681. The molecular formula is C13H16O3. The Balaban J connectivity index is 2.11. The molecule has 86 valence electrons. The molecule has 3 heteroatoms. The minimum Gasteiger partial charge on any atom is -0.465 e. The lowest BCUT2D eigenvalue weighted by atomic mass is 10.0. The summed E-state index contributed by atoms with van der Waals surface area (Å²) in [5, 5.41) is 0. The molecule has 1 aromatic heterocycles. The van der Waals surface area contributed by atoms with Crippen LogP contribution in [0.4, 0.5) is 0 Å². The highest BCUT2D eigenvalue weighted by Crippen LogP contribution is 2.22. The molecule has 1 unspecified atom stereocenters. The smallest absolute Gasteiger partial charge is 0.313 e. The number of carbonyl (C=O) groups excluding carboxylic acids is 1. The van der Waals surface area contributed by atoms with Crippen LogP contribution in [0.1, 0.15) is 38.4 Å². The number of hydrogen-bond donors (Lipinski definition) is 0. The number of cyclic esters (lactones) is 1. The number of carbonyl (C=O) groups is 1. The lowest BCUT2D eigenvalue weighted by molar-refractivity contribution is -0.144. The Hall–Kier alpha value is -1.51. The Bertz CT molecular complexity index is 376. The zero-order valence-corrected chi connectivity index (χ0v) is 9.44. The fraction of sp³-hybridized carbons (Fsp3) is 0.462. The largest absolute Gasteiger partial charge is 0.465 e. The van der Waals surface area contributed by atoms with Gasteiger partial charge >= 0.3 is 5.97 Å². The highest BCUT2D eigenvalue weighted by atomic mass is 16.5. The molecule has 2 heterocycles. The molecule has 0 aromatic carbocycles. The molecule has 2 rings (SSSR count). The zero-order chi connectivity index (χ0) is 11.4. The molecule has 0 saturated carbocycles. The minimum absolute atomic E-state index is 0.000279. The van der Waals surface area contributed by atoms with Gasteiger partial charge in [0.15, 0.2) is 0 Å². The summed E-state index contributed by atoms with van der Waals surface area (Å²) in [6.45, 7) is 1.91. The summed E-state index contributed by atoms with van der Waals surface area (Å²) >= 11 is 0. The first-order valence-electron chi connectivity index (χ1n) is 5.71. The van der Waals surface area contributed by atoms with E-state index in [4.69, 9.17) is 9.15 Å². The van der Waals surface area contributed by atoms with E-state index in [2.05, 4.69) is 0 Å². The van der Waals surface area contributed by atoms with E-state index >= 15 is 0 Å². The summed E-state index contributed by atoms with van der Waals surface area (Å²) in [5.74, 6) is 1.32. The van der Waals surface area contributed by atoms with Gasteiger partial charge in [-0.05, 0) is 25.0 Å². The third-order valence-corrected chi connectivity index (χ3v) is 2.79. The normalized spacial score (nSPS) is 24.9. The maximum absolute atomic E-state index is 11.6. The number of rotatable bonds is 1. The number of furan rings is 1. The van der Waals surface area contributed by atoms with Crippen molar-refractivity contribution in [2.75, 3.05) is 0 Å². The van der Waals surface area contributed by atoms with Gasteiger partial charge in [0.25, 0.3) is 0 Å². The van der Waals surface area contributed by atoms with Crippen molar-refractivity contribution in [1.82, 2.24) is 0 Å². The van der Waals surface area contributed by atoms with Crippen molar-refractivity contribution in [3.05, 3.63) is 29.9 Å². The highest BCUT2D eigenvalue weighted by Gasteiger charge is 2.19. The van der Waals surface area contributed by atoms with Gasteiger partial charge in [0, 0.05) is 12.5 Å². The number of esters is 1. The summed E-state index contributed by atoms with van der Waals surface area (Å²) in [6.07, 6.45) is 7.28. The van der Waals surface area contributed by atoms with E-state index in [1.54, 1.807) is 12.3 Å². The zero-order valence-electron chi connectivity index (χ0n) is 9.44. The fourth-order valence-electron chi connectivity index (χ4n) is 1.78. The van der Waals surface area contributed by atoms with Crippen molar-refractivity contribution in [2.45, 2.75) is 32.6 Å². The van der Waals surface area contributed by atoms with Gasteiger partial charge in [0.1, 0.15) is 11.5 Å². The third kappa shape index (κ3) is 2.75. The average molecular weight is 220 g/mol. The molecule has 0 aliphatic carbocycles. The topological polar surface area (TPSA) is 39.4 Å². The van der Waals surface area contributed by atoms with Crippen molar-refractivity contribution < 1.29 is 13.9 Å².